The number of carbonyl (C=O) groups excluding carboxylic acids is 1. The van der Waals surface area contributed by atoms with Crippen molar-refractivity contribution in [3.05, 3.63) is 57.7 Å². The van der Waals surface area contributed by atoms with E-state index in [1.54, 1.807) is 24.3 Å². The second-order valence-corrected chi connectivity index (χ2v) is 7.51. The molecule has 1 N–H and O–H groups in total. The number of sulfone groups is 1. The molecule has 0 bridgehead atoms. The van der Waals surface area contributed by atoms with Crippen LogP contribution in [0, 0.1) is 15.2 Å². The molecule has 0 atom stereocenters. The summed E-state index contributed by atoms with van der Waals surface area (Å²) in [6.07, 6.45) is 0. The summed E-state index contributed by atoms with van der Waals surface area (Å²) in [4.78, 5) is 11.4. The average Bonchev–Trinajstić information content (AvgIpc) is 2.43. The Kier molecular flexibility index (Phi) is 5.12. The number of anilines is 1. The Morgan fingerprint density at radius 1 is 1.09 bits per heavy atom. The van der Waals surface area contributed by atoms with Gasteiger partial charge in [0.1, 0.15) is 5.75 Å². The van der Waals surface area contributed by atoms with Gasteiger partial charge in [0.25, 0.3) is 0 Å². The molecule has 0 aliphatic carbocycles. The first kappa shape index (κ1) is 16.8. The molecule has 0 saturated carbocycles. The van der Waals surface area contributed by atoms with Gasteiger partial charge in [0.2, 0.25) is 5.91 Å². The zero-order valence-electron chi connectivity index (χ0n) is 11.0. The highest BCUT2D eigenvalue weighted by Crippen LogP contribution is 2.18. The highest BCUT2D eigenvalue weighted by molar-refractivity contribution is 14.1. The molecule has 0 spiro atoms. The van der Waals surface area contributed by atoms with Crippen molar-refractivity contribution in [2.24, 2.45) is 0 Å². The summed E-state index contributed by atoms with van der Waals surface area (Å²) in [7, 11) is -4.05. The lowest BCUT2D eigenvalue weighted by molar-refractivity contribution is -0.113. The molecule has 0 saturated heterocycles. The number of amides is 1. The largest absolute Gasteiger partial charge is 0.324 e. The smallest absolute Gasteiger partial charge is 0.239 e. The SMILES string of the molecule is O=C(CS(=O)(=O)c1ccc(F)c(F)c1)Nc1ccccc1I. The van der Waals surface area contributed by atoms with Gasteiger partial charge in [-0.25, -0.2) is 17.2 Å². The molecule has 0 fully saturated rings. The third-order valence-electron chi connectivity index (χ3n) is 2.72. The molecule has 8 heteroatoms. The second-order valence-electron chi connectivity index (χ2n) is 4.36. The summed E-state index contributed by atoms with van der Waals surface area (Å²) in [6, 6.07) is 9.04. The van der Waals surface area contributed by atoms with Crippen molar-refractivity contribution in [1.29, 1.82) is 0 Å². The van der Waals surface area contributed by atoms with E-state index in [-0.39, 0.29) is 0 Å². The average molecular weight is 437 g/mol. The summed E-state index contributed by atoms with van der Waals surface area (Å²) in [5.74, 6) is -4.04. The molecular weight excluding hydrogens is 427 g/mol. The number of nitrogens with one attached hydrogen (secondary N) is 1. The normalized spacial score (nSPS) is 11.2. The minimum absolute atomic E-state index is 0.440. The lowest BCUT2D eigenvalue weighted by Crippen LogP contribution is -2.23. The van der Waals surface area contributed by atoms with Crippen LogP contribution in [0.25, 0.3) is 0 Å². The van der Waals surface area contributed by atoms with Gasteiger partial charge < -0.3 is 5.32 Å². The monoisotopic (exact) mass is 437 g/mol. The van der Waals surface area contributed by atoms with Gasteiger partial charge in [-0.3, -0.25) is 4.79 Å². The maximum Gasteiger partial charge on any atom is 0.239 e. The Balaban J connectivity index is 2.16. The van der Waals surface area contributed by atoms with Gasteiger partial charge in [0.05, 0.1) is 10.6 Å². The fourth-order valence-electron chi connectivity index (χ4n) is 1.68. The number of para-hydroxylation sites is 1. The van der Waals surface area contributed by atoms with E-state index in [1.165, 1.54) is 0 Å². The molecule has 0 aliphatic rings. The summed E-state index contributed by atoms with van der Waals surface area (Å²) >= 11 is 2.00. The predicted molar refractivity (Wildman–Crippen MR) is 86.2 cm³/mol. The topological polar surface area (TPSA) is 63.2 Å². The Bertz CT molecular complexity index is 825. The number of hydrogen-bond donors (Lipinski definition) is 1. The maximum atomic E-state index is 13.1. The van der Waals surface area contributed by atoms with Crippen LogP contribution in [0.1, 0.15) is 0 Å². The van der Waals surface area contributed by atoms with Crippen molar-refractivity contribution in [2.45, 2.75) is 4.90 Å². The van der Waals surface area contributed by atoms with Gasteiger partial charge in [-0.15, -0.1) is 0 Å². The van der Waals surface area contributed by atoms with Crippen molar-refractivity contribution < 1.29 is 22.0 Å². The van der Waals surface area contributed by atoms with E-state index in [0.717, 1.165) is 9.64 Å². The standard InChI is InChI=1S/C14H10F2INO3S/c15-10-6-5-9(7-11(10)16)22(20,21)8-14(19)18-13-4-2-1-3-12(13)17/h1-7H,8H2,(H,18,19). The van der Waals surface area contributed by atoms with Crippen LogP contribution in [0.15, 0.2) is 47.4 Å². The third kappa shape index (κ3) is 4.01. The molecule has 0 radical (unpaired) electrons. The first-order chi connectivity index (χ1) is 10.3. The maximum absolute atomic E-state index is 13.1. The van der Waals surface area contributed by atoms with Crippen molar-refractivity contribution in [3.8, 4) is 0 Å². The number of halogens is 3. The van der Waals surface area contributed by atoms with E-state index in [2.05, 4.69) is 5.32 Å². The first-order valence-electron chi connectivity index (χ1n) is 6.02. The summed E-state index contributed by atoms with van der Waals surface area (Å²) in [5.41, 5.74) is 0.480. The molecule has 2 aromatic carbocycles. The second kappa shape index (κ2) is 6.69. The van der Waals surface area contributed by atoms with E-state index < -0.39 is 38.0 Å². The molecule has 0 heterocycles. The molecule has 0 unspecified atom stereocenters. The Labute approximate surface area is 139 Å². The molecule has 0 aromatic heterocycles. The van der Waals surface area contributed by atoms with Crippen LogP contribution < -0.4 is 5.32 Å². The van der Waals surface area contributed by atoms with Crippen LogP contribution in [0.4, 0.5) is 14.5 Å². The van der Waals surface area contributed by atoms with E-state index in [4.69, 9.17) is 0 Å². The van der Waals surface area contributed by atoms with Crippen molar-refractivity contribution in [3.63, 3.8) is 0 Å². The van der Waals surface area contributed by atoms with Crippen LogP contribution in [0.2, 0.25) is 0 Å². The lowest BCUT2D eigenvalue weighted by Gasteiger charge is -2.08. The van der Waals surface area contributed by atoms with E-state index in [9.17, 15) is 22.0 Å². The quantitative estimate of drug-likeness (QED) is 0.591. The molecule has 116 valence electrons. The Morgan fingerprint density at radius 3 is 2.41 bits per heavy atom. The zero-order valence-corrected chi connectivity index (χ0v) is 14.0. The predicted octanol–water partition coefficient (Wildman–Crippen LogP) is 2.98. The van der Waals surface area contributed by atoms with Gasteiger partial charge in [-0.2, -0.15) is 0 Å². The Morgan fingerprint density at radius 2 is 1.77 bits per heavy atom. The fourth-order valence-corrected chi connectivity index (χ4v) is 3.34. The van der Waals surface area contributed by atoms with Crippen LogP contribution >= 0.6 is 22.6 Å². The summed E-state index contributed by atoms with van der Waals surface area (Å²) in [6.45, 7) is 0. The zero-order chi connectivity index (χ0) is 16.3. The highest BCUT2D eigenvalue weighted by atomic mass is 127. The molecule has 2 rings (SSSR count). The van der Waals surface area contributed by atoms with E-state index in [0.29, 0.717) is 17.8 Å². The number of rotatable bonds is 4. The van der Waals surface area contributed by atoms with E-state index >= 15 is 0 Å². The van der Waals surface area contributed by atoms with Gasteiger partial charge in [0.15, 0.2) is 21.5 Å². The van der Waals surface area contributed by atoms with Crippen LogP contribution in [0.3, 0.4) is 0 Å². The van der Waals surface area contributed by atoms with Crippen molar-refractivity contribution in [2.75, 3.05) is 11.1 Å². The first-order valence-corrected chi connectivity index (χ1v) is 8.75. The van der Waals surface area contributed by atoms with Crippen LogP contribution in [-0.4, -0.2) is 20.1 Å². The fraction of sp³-hybridized carbons (Fsp3) is 0.0714. The molecule has 22 heavy (non-hydrogen) atoms. The number of benzene rings is 2. The minimum atomic E-state index is -4.05. The van der Waals surface area contributed by atoms with Gasteiger partial charge in [0, 0.05) is 3.57 Å². The molecule has 4 nitrogen and oxygen atoms in total. The Hall–Kier alpha value is -1.55. The van der Waals surface area contributed by atoms with Crippen molar-refractivity contribution in [1.82, 2.24) is 0 Å². The number of hydrogen-bond acceptors (Lipinski definition) is 3. The summed E-state index contributed by atoms with van der Waals surface area (Å²) in [5, 5.41) is 2.47. The van der Waals surface area contributed by atoms with Gasteiger partial charge in [-0.1, -0.05) is 12.1 Å². The van der Waals surface area contributed by atoms with Crippen molar-refractivity contribution >= 4 is 44.0 Å². The summed E-state index contributed by atoms with van der Waals surface area (Å²) < 4.78 is 50.7. The molecule has 2 aromatic rings. The molecule has 0 aliphatic heterocycles. The minimum Gasteiger partial charge on any atom is -0.324 e. The van der Waals surface area contributed by atoms with E-state index in [1.807, 2.05) is 22.6 Å². The third-order valence-corrected chi connectivity index (χ3v) is 5.27. The van der Waals surface area contributed by atoms with Gasteiger partial charge >= 0.3 is 0 Å². The van der Waals surface area contributed by atoms with Crippen LogP contribution in [-0.2, 0) is 14.6 Å². The highest BCUT2D eigenvalue weighted by Gasteiger charge is 2.21. The molecular formula is C14H10F2INO3S. The van der Waals surface area contributed by atoms with Gasteiger partial charge in [-0.05, 0) is 52.9 Å². The lowest BCUT2D eigenvalue weighted by atomic mass is 10.3. The van der Waals surface area contributed by atoms with Crippen LogP contribution in [0.5, 0.6) is 0 Å². The molecule has 1 amide bonds. The number of carbonyl (C=O) groups is 1.